The zero-order valence-electron chi connectivity index (χ0n) is 16.7. The van der Waals surface area contributed by atoms with Gasteiger partial charge < -0.3 is 9.88 Å². The molecule has 4 aromatic rings. The van der Waals surface area contributed by atoms with Gasteiger partial charge in [0.15, 0.2) is 0 Å². The van der Waals surface area contributed by atoms with Crippen LogP contribution in [-0.4, -0.2) is 23.1 Å². The molecule has 0 aliphatic carbocycles. The van der Waals surface area contributed by atoms with Gasteiger partial charge in [-0.1, -0.05) is 30.3 Å². The van der Waals surface area contributed by atoms with Crippen molar-refractivity contribution in [2.24, 2.45) is 0 Å². The number of rotatable bonds is 5. The highest BCUT2D eigenvalue weighted by atomic mass is 32.2. The van der Waals surface area contributed by atoms with Crippen LogP contribution in [-0.2, 0) is 5.75 Å². The van der Waals surface area contributed by atoms with Crippen LogP contribution in [0.4, 0.5) is 5.69 Å². The highest BCUT2D eigenvalue weighted by molar-refractivity contribution is 7.98. The van der Waals surface area contributed by atoms with Gasteiger partial charge in [-0.3, -0.25) is 4.98 Å². The standard InChI is InChI=1S/C25H25N3S/c1-18-13-24-23(26-16-18)15-22(27-24)21-14-20(29-17-19-7-3-2-4-8-19)9-10-25(21)28-11-5-6-12-28/h2-4,7-10,13-16,27H,5-6,11-12,17H2,1H3. The molecule has 2 aromatic carbocycles. The molecule has 0 saturated carbocycles. The topological polar surface area (TPSA) is 31.9 Å². The Hall–Kier alpha value is -2.72. The van der Waals surface area contributed by atoms with E-state index in [0.717, 1.165) is 35.6 Å². The van der Waals surface area contributed by atoms with Crippen LogP contribution in [0.2, 0.25) is 0 Å². The number of aromatic amines is 1. The Kier molecular flexibility index (Phi) is 5.03. The number of fused-ring (bicyclic) bond motifs is 1. The fraction of sp³-hybridized carbons (Fsp3) is 0.240. The normalized spacial score (nSPS) is 14.0. The SMILES string of the molecule is Cc1cnc2cc(-c3cc(SCc4ccccc4)ccc3N3CCCC3)[nH]c2c1. The Bertz CT molecular complexity index is 1130. The van der Waals surface area contributed by atoms with Crippen LogP contribution >= 0.6 is 11.8 Å². The number of hydrogen-bond acceptors (Lipinski definition) is 3. The summed E-state index contributed by atoms with van der Waals surface area (Å²) in [5.74, 6) is 0.983. The quantitative estimate of drug-likeness (QED) is 0.392. The maximum atomic E-state index is 4.60. The van der Waals surface area contributed by atoms with Crippen LogP contribution in [0.3, 0.4) is 0 Å². The highest BCUT2D eigenvalue weighted by Crippen LogP contribution is 2.37. The highest BCUT2D eigenvalue weighted by Gasteiger charge is 2.18. The zero-order valence-corrected chi connectivity index (χ0v) is 17.5. The van der Waals surface area contributed by atoms with Crippen molar-refractivity contribution in [3.05, 3.63) is 78.0 Å². The van der Waals surface area contributed by atoms with Gasteiger partial charge in [-0.2, -0.15) is 0 Å². The van der Waals surface area contributed by atoms with E-state index in [0.29, 0.717) is 0 Å². The van der Waals surface area contributed by atoms with Crippen LogP contribution in [0.15, 0.2) is 71.8 Å². The molecule has 146 valence electrons. The van der Waals surface area contributed by atoms with Gasteiger partial charge in [0.1, 0.15) is 0 Å². The molecule has 29 heavy (non-hydrogen) atoms. The largest absolute Gasteiger partial charge is 0.371 e. The summed E-state index contributed by atoms with van der Waals surface area (Å²) in [5.41, 5.74) is 8.43. The van der Waals surface area contributed by atoms with Gasteiger partial charge in [-0.05, 0) is 61.2 Å². The van der Waals surface area contributed by atoms with Crippen molar-refractivity contribution in [2.75, 3.05) is 18.0 Å². The third-order valence-corrected chi connectivity index (χ3v) is 6.62. The zero-order chi connectivity index (χ0) is 19.6. The summed E-state index contributed by atoms with van der Waals surface area (Å²) < 4.78 is 0. The van der Waals surface area contributed by atoms with Crippen molar-refractivity contribution in [2.45, 2.75) is 30.4 Å². The maximum absolute atomic E-state index is 4.60. The second kappa shape index (κ2) is 7.96. The molecule has 0 radical (unpaired) electrons. The van der Waals surface area contributed by atoms with Crippen molar-refractivity contribution in [1.82, 2.24) is 9.97 Å². The Morgan fingerprint density at radius 2 is 1.83 bits per heavy atom. The Labute approximate surface area is 176 Å². The summed E-state index contributed by atoms with van der Waals surface area (Å²) in [7, 11) is 0. The van der Waals surface area contributed by atoms with E-state index in [1.54, 1.807) is 0 Å². The van der Waals surface area contributed by atoms with Crippen LogP contribution < -0.4 is 4.90 Å². The smallest absolute Gasteiger partial charge is 0.0885 e. The fourth-order valence-corrected chi connectivity index (χ4v) is 4.94. The summed E-state index contributed by atoms with van der Waals surface area (Å²) >= 11 is 1.89. The summed E-state index contributed by atoms with van der Waals surface area (Å²) in [5, 5.41) is 0. The van der Waals surface area contributed by atoms with Crippen LogP contribution in [0.25, 0.3) is 22.3 Å². The molecule has 3 nitrogen and oxygen atoms in total. The number of aromatic nitrogens is 2. The number of aryl methyl sites for hydroxylation is 1. The number of benzene rings is 2. The second-order valence-electron chi connectivity index (χ2n) is 7.78. The van der Waals surface area contributed by atoms with Gasteiger partial charge in [0.2, 0.25) is 0 Å². The van der Waals surface area contributed by atoms with Gasteiger partial charge in [0, 0.05) is 41.2 Å². The molecule has 0 spiro atoms. The number of nitrogens with zero attached hydrogens (tertiary/aromatic N) is 2. The molecule has 3 heterocycles. The molecular formula is C25H25N3S. The first-order valence-electron chi connectivity index (χ1n) is 10.3. The maximum Gasteiger partial charge on any atom is 0.0885 e. The molecule has 1 aliphatic rings. The van der Waals surface area contributed by atoms with E-state index < -0.39 is 0 Å². The number of thioether (sulfide) groups is 1. The molecule has 1 aliphatic heterocycles. The van der Waals surface area contributed by atoms with E-state index in [2.05, 4.69) is 82.5 Å². The van der Waals surface area contributed by atoms with Crippen molar-refractivity contribution in [3.8, 4) is 11.3 Å². The Balaban J connectivity index is 1.52. The van der Waals surface area contributed by atoms with E-state index in [-0.39, 0.29) is 0 Å². The first-order valence-corrected chi connectivity index (χ1v) is 11.3. The van der Waals surface area contributed by atoms with Crippen LogP contribution in [0.1, 0.15) is 24.0 Å². The molecule has 0 amide bonds. The number of nitrogens with one attached hydrogen (secondary N) is 1. The summed E-state index contributed by atoms with van der Waals surface area (Å²) in [6, 6.07) is 22.0. The minimum Gasteiger partial charge on any atom is -0.371 e. The lowest BCUT2D eigenvalue weighted by Gasteiger charge is -2.21. The first-order chi connectivity index (χ1) is 14.3. The molecule has 5 rings (SSSR count). The third kappa shape index (κ3) is 3.90. The Morgan fingerprint density at radius 1 is 1.00 bits per heavy atom. The molecule has 0 atom stereocenters. The van der Waals surface area contributed by atoms with Crippen LogP contribution in [0.5, 0.6) is 0 Å². The van der Waals surface area contributed by atoms with Gasteiger partial charge in [0.05, 0.1) is 16.7 Å². The number of H-pyrrole nitrogens is 1. The lowest BCUT2D eigenvalue weighted by molar-refractivity contribution is 0.949. The number of hydrogen-bond donors (Lipinski definition) is 1. The van der Waals surface area contributed by atoms with E-state index in [1.165, 1.54) is 40.1 Å². The van der Waals surface area contributed by atoms with Gasteiger partial charge in [0.25, 0.3) is 0 Å². The molecule has 0 bridgehead atoms. The van der Waals surface area contributed by atoms with Gasteiger partial charge in [-0.25, -0.2) is 0 Å². The number of pyridine rings is 1. The van der Waals surface area contributed by atoms with Crippen LogP contribution in [0, 0.1) is 6.92 Å². The molecule has 4 heteroatoms. The van der Waals surface area contributed by atoms with E-state index >= 15 is 0 Å². The van der Waals surface area contributed by atoms with E-state index in [1.807, 2.05) is 18.0 Å². The minimum atomic E-state index is 0.983. The molecule has 2 aromatic heterocycles. The summed E-state index contributed by atoms with van der Waals surface area (Å²) in [6.07, 6.45) is 4.49. The fourth-order valence-electron chi connectivity index (χ4n) is 4.05. The second-order valence-corrected chi connectivity index (χ2v) is 8.82. The van der Waals surface area contributed by atoms with Crippen molar-refractivity contribution >= 4 is 28.5 Å². The molecule has 1 saturated heterocycles. The van der Waals surface area contributed by atoms with Crippen molar-refractivity contribution in [1.29, 1.82) is 0 Å². The van der Waals surface area contributed by atoms with Crippen molar-refractivity contribution in [3.63, 3.8) is 0 Å². The predicted molar refractivity (Wildman–Crippen MR) is 124 cm³/mol. The summed E-state index contributed by atoms with van der Waals surface area (Å²) in [6.45, 7) is 4.37. The van der Waals surface area contributed by atoms with E-state index in [9.17, 15) is 0 Å². The molecule has 0 unspecified atom stereocenters. The molecule has 1 fully saturated rings. The summed E-state index contributed by atoms with van der Waals surface area (Å²) in [4.78, 5) is 12.0. The Morgan fingerprint density at radius 3 is 2.66 bits per heavy atom. The third-order valence-electron chi connectivity index (χ3n) is 5.56. The number of anilines is 1. The average Bonchev–Trinajstić information content (AvgIpc) is 3.42. The lowest BCUT2D eigenvalue weighted by Crippen LogP contribution is -2.18. The monoisotopic (exact) mass is 399 g/mol. The predicted octanol–water partition coefficient (Wildman–Crippen LogP) is 6.43. The van der Waals surface area contributed by atoms with E-state index in [4.69, 9.17) is 0 Å². The average molecular weight is 400 g/mol. The minimum absolute atomic E-state index is 0.983. The lowest BCUT2D eigenvalue weighted by atomic mass is 10.1. The van der Waals surface area contributed by atoms with Crippen molar-refractivity contribution < 1.29 is 0 Å². The van der Waals surface area contributed by atoms with Gasteiger partial charge in [-0.15, -0.1) is 11.8 Å². The van der Waals surface area contributed by atoms with Gasteiger partial charge >= 0.3 is 0 Å². The molecular weight excluding hydrogens is 374 g/mol. The molecule has 1 N–H and O–H groups in total. The first kappa shape index (κ1) is 18.3.